The van der Waals surface area contributed by atoms with Crippen LogP contribution < -0.4 is 0 Å². The lowest BCUT2D eigenvalue weighted by Gasteiger charge is -2.38. The van der Waals surface area contributed by atoms with E-state index in [1.54, 1.807) is 30.3 Å². The molecule has 3 rings (SSSR count). The minimum Gasteiger partial charge on any atom is -0.303 e. The van der Waals surface area contributed by atoms with Gasteiger partial charge in [-0.2, -0.15) is 8.42 Å². The summed E-state index contributed by atoms with van der Waals surface area (Å²) in [5, 5.41) is 0. The maximum atomic E-state index is 13.4. The van der Waals surface area contributed by atoms with E-state index in [2.05, 4.69) is 11.8 Å². The highest BCUT2D eigenvalue weighted by molar-refractivity contribution is 7.86. The highest BCUT2D eigenvalue weighted by Crippen LogP contribution is 2.34. The van der Waals surface area contributed by atoms with Crippen LogP contribution in [0.5, 0.6) is 0 Å². The maximum Gasteiger partial charge on any atom is 0.296 e. The molecule has 0 radical (unpaired) electrons. The lowest BCUT2D eigenvalue weighted by atomic mass is 9.81. The fourth-order valence-electron chi connectivity index (χ4n) is 4.05. The molecule has 0 N–H and O–H groups in total. The van der Waals surface area contributed by atoms with Crippen LogP contribution in [0.1, 0.15) is 44.1 Å². The predicted molar refractivity (Wildman–Crippen MR) is 113 cm³/mol. The van der Waals surface area contributed by atoms with Gasteiger partial charge in [-0.25, -0.2) is 4.39 Å². The van der Waals surface area contributed by atoms with Crippen LogP contribution in [0.3, 0.4) is 0 Å². The van der Waals surface area contributed by atoms with Crippen molar-refractivity contribution < 1.29 is 17.0 Å². The number of benzene rings is 2. The smallest absolute Gasteiger partial charge is 0.296 e. The van der Waals surface area contributed by atoms with Crippen LogP contribution in [0, 0.1) is 11.7 Å². The summed E-state index contributed by atoms with van der Waals surface area (Å²) < 4.78 is 44.0. The molecule has 1 fully saturated rings. The van der Waals surface area contributed by atoms with E-state index in [1.807, 2.05) is 12.1 Å². The molecular formula is C23H30FNO3S. The average molecular weight is 420 g/mol. The van der Waals surface area contributed by atoms with Gasteiger partial charge in [0.05, 0.1) is 11.5 Å². The molecule has 0 amide bonds. The second-order valence-electron chi connectivity index (χ2n) is 7.77. The van der Waals surface area contributed by atoms with Crippen molar-refractivity contribution in [3.63, 3.8) is 0 Å². The van der Waals surface area contributed by atoms with E-state index >= 15 is 0 Å². The van der Waals surface area contributed by atoms with Crippen molar-refractivity contribution in [3.8, 4) is 0 Å². The molecule has 2 aromatic rings. The molecule has 158 valence electrons. The van der Waals surface area contributed by atoms with Gasteiger partial charge < -0.3 is 4.90 Å². The van der Waals surface area contributed by atoms with Crippen LogP contribution in [-0.2, 0) is 14.3 Å². The number of nitrogens with zero attached hydrogens (tertiary/aromatic N) is 1. The minimum atomic E-state index is -3.79. The number of hydrogen-bond acceptors (Lipinski definition) is 4. The Morgan fingerprint density at radius 1 is 1.07 bits per heavy atom. The molecule has 0 bridgehead atoms. The summed E-state index contributed by atoms with van der Waals surface area (Å²) in [5.41, 5.74) is 1.05. The normalized spacial score (nSPS) is 20.6. The number of likely N-dealkylation sites (tertiary alicyclic amines) is 1. The zero-order valence-electron chi connectivity index (χ0n) is 17.0. The molecule has 2 atom stereocenters. The molecule has 2 unspecified atom stereocenters. The number of rotatable bonds is 9. The molecule has 2 aromatic carbocycles. The fraction of sp³-hybridized carbons (Fsp3) is 0.478. The summed E-state index contributed by atoms with van der Waals surface area (Å²) in [7, 11) is -3.79. The summed E-state index contributed by atoms with van der Waals surface area (Å²) in [5.74, 6) is -0.0662. The first-order valence-corrected chi connectivity index (χ1v) is 11.8. The van der Waals surface area contributed by atoms with Gasteiger partial charge in [0, 0.05) is 12.5 Å². The van der Waals surface area contributed by atoms with Crippen molar-refractivity contribution in [2.75, 3.05) is 26.2 Å². The fourth-order valence-corrected chi connectivity index (χ4v) is 5.03. The Balaban J connectivity index is 1.72. The van der Waals surface area contributed by atoms with Crippen LogP contribution in [0.15, 0.2) is 59.5 Å². The van der Waals surface area contributed by atoms with E-state index in [0.717, 1.165) is 38.0 Å². The van der Waals surface area contributed by atoms with Gasteiger partial charge >= 0.3 is 0 Å². The van der Waals surface area contributed by atoms with Gasteiger partial charge in [0.25, 0.3) is 10.1 Å². The Morgan fingerprint density at radius 2 is 1.79 bits per heavy atom. The van der Waals surface area contributed by atoms with Gasteiger partial charge in [-0.15, -0.1) is 0 Å². The lowest BCUT2D eigenvalue weighted by molar-refractivity contribution is 0.112. The van der Waals surface area contributed by atoms with Gasteiger partial charge in [0.2, 0.25) is 0 Å². The van der Waals surface area contributed by atoms with Gasteiger partial charge in [-0.05, 0) is 61.7 Å². The van der Waals surface area contributed by atoms with E-state index in [-0.39, 0.29) is 29.2 Å². The summed E-state index contributed by atoms with van der Waals surface area (Å²) in [6.07, 6.45) is 4.43. The maximum absolute atomic E-state index is 13.4. The molecule has 1 heterocycles. The van der Waals surface area contributed by atoms with Crippen molar-refractivity contribution in [2.45, 2.75) is 43.4 Å². The van der Waals surface area contributed by atoms with Crippen LogP contribution in [0.2, 0.25) is 0 Å². The van der Waals surface area contributed by atoms with E-state index in [0.29, 0.717) is 0 Å². The molecule has 1 aliphatic rings. The summed E-state index contributed by atoms with van der Waals surface area (Å²) in [6, 6.07) is 14.8. The largest absolute Gasteiger partial charge is 0.303 e. The summed E-state index contributed by atoms with van der Waals surface area (Å²) in [6.45, 7) is 5.09. The first-order chi connectivity index (χ1) is 14.0. The number of piperidine rings is 1. The van der Waals surface area contributed by atoms with E-state index in [4.69, 9.17) is 4.18 Å². The Kier molecular flexibility index (Phi) is 7.81. The van der Waals surface area contributed by atoms with Gasteiger partial charge in [0.15, 0.2) is 0 Å². The highest BCUT2D eigenvalue weighted by atomic mass is 32.2. The Labute approximate surface area is 173 Å². The molecule has 0 saturated carbocycles. The van der Waals surface area contributed by atoms with Crippen LogP contribution in [0.25, 0.3) is 0 Å². The third-order valence-electron chi connectivity index (χ3n) is 5.66. The lowest BCUT2D eigenvalue weighted by Crippen LogP contribution is -2.42. The van der Waals surface area contributed by atoms with Crippen molar-refractivity contribution >= 4 is 10.1 Å². The topological polar surface area (TPSA) is 46.6 Å². The summed E-state index contributed by atoms with van der Waals surface area (Å²) in [4.78, 5) is 2.58. The second kappa shape index (κ2) is 10.3. The Hall–Kier alpha value is -1.76. The molecule has 0 aliphatic carbocycles. The van der Waals surface area contributed by atoms with Gasteiger partial charge in [0.1, 0.15) is 5.82 Å². The number of unbranched alkanes of at least 4 members (excludes halogenated alkanes) is 2. The highest BCUT2D eigenvalue weighted by Gasteiger charge is 2.32. The van der Waals surface area contributed by atoms with E-state index < -0.39 is 10.1 Å². The quantitative estimate of drug-likeness (QED) is 0.432. The Bertz CT molecular complexity index is 855. The van der Waals surface area contributed by atoms with Crippen molar-refractivity contribution in [3.05, 3.63) is 66.0 Å². The predicted octanol–water partition coefficient (Wildman–Crippen LogP) is 4.83. The van der Waals surface area contributed by atoms with Crippen molar-refractivity contribution in [2.24, 2.45) is 5.92 Å². The first-order valence-electron chi connectivity index (χ1n) is 10.4. The van der Waals surface area contributed by atoms with Gasteiger partial charge in [-0.3, -0.25) is 4.18 Å². The first kappa shape index (κ1) is 21.9. The molecule has 1 saturated heterocycles. The van der Waals surface area contributed by atoms with Crippen LogP contribution >= 0.6 is 0 Å². The molecule has 6 heteroatoms. The van der Waals surface area contributed by atoms with Gasteiger partial charge in [-0.1, -0.05) is 50.1 Å². The molecule has 4 nitrogen and oxygen atoms in total. The zero-order chi connectivity index (χ0) is 20.7. The molecule has 0 spiro atoms. The van der Waals surface area contributed by atoms with E-state index in [9.17, 15) is 12.8 Å². The second-order valence-corrected chi connectivity index (χ2v) is 9.38. The third-order valence-corrected chi connectivity index (χ3v) is 6.96. The zero-order valence-corrected chi connectivity index (χ0v) is 17.8. The molecule has 1 aliphatic heterocycles. The van der Waals surface area contributed by atoms with Crippen molar-refractivity contribution in [1.82, 2.24) is 4.90 Å². The van der Waals surface area contributed by atoms with Crippen LogP contribution in [0.4, 0.5) is 4.39 Å². The SMILES string of the molecule is CCCCCN1CCC(c2ccc(F)cc2)C(COS(=O)(=O)c2ccccc2)C1. The average Bonchev–Trinajstić information content (AvgIpc) is 2.74. The molecule has 0 aromatic heterocycles. The molecule has 29 heavy (non-hydrogen) atoms. The Morgan fingerprint density at radius 3 is 2.48 bits per heavy atom. The standard InChI is InChI=1S/C23H30FNO3S/c1-2-3-7-15-25-16-14-23(19-10-12-21(24)13-11-19)20(17-25)18-28-29(26,27)22-8-5-4-6-9-22/h4-6,8-13,20,23H,2-3,7,14-18H2,1H3. The number of halogens is 1. The van der Waals surface area contributed by atoms with E-state index in [1.165, 1.54) is 25.0 Å². The molecular weight excluding hydrogens is 389 g/mol. The van der Waals surface area contributed by atoms with Crippen molar-refractivity contribution in [1.29, 1.82) is 0 Å². The monoisotopic (exact) mass is 419 g/mol. The minimum absolute atomic E-state index is 0.0364. The summed E-state index contributed by atoms with van der Waals surface area (Å²) >= 11 is 0. The van der Waals surface area contributed by atoms with Crippen LogP contribution in [-0.4, -0.2) is 39.6 Å². The number of hydrogen-bond donors (Lipinski definition) is 0. The third kappa shape index (κ3) is 6.11.